The quantitative estimate of drug-likeness (QED) is 0.288. The average molecular weight is 574 g/mol. The molecule has 5 rings (SSSR count). The number of amides is 1. The molecule has 0 atom stereocenters. The van der Waals surface area contributed by atoms with Gasteiger partial charge in [-0.15, -0.1) is 0 Å². The normalized spacial score (nSPS) is 15.1. The van der Waals surface area contributed by atoms with Crippen molar-refractivity contribution in [1.82, 2.24) is 19.1 Å². The Labute approximate surface area is 230 Å². The number of nitrogens with zero attached hydrogens (tertiary/aromatic N) is 5. The molecule has 0 unspecified atom stereocenters. The number of carbonyl (C=O) groups is 1. The maximum Gasteiger partial charge on any atom is 0.243 e. The van der Waals surface area contributed by atoms with E-state index in [1.165, 1.54) is 27.8 Å². The summed E-state index contributed by atoms with van der Waals surface area (Å²) in [6.45, 7) is 3.88. The Morgan fingerprint density at radius 3 is 2.61 bits per heavy atom. The average Bonchev–Trinajstić information content (AvgIpc) is 3.60. The van der Waals surface area contributed by atoms with Gasteiger partial charge in [-0.2, -0.15) is 9.40 Å². The van der Waals surface area contributed by atoms with E-state index in [1.54, 1.807) is 27.9 Å². The Bertz CT molecular complexity index is 1500. The van der Waals surface area contributed by atoms with Gasteiger partial charge in [-0.3, -0.25) is 14.4 Å². The fourth-order valence-corrected chi connectivity index (χ4v) is 7.16. The van der Waals surface area contributed by atoms with Crippen LogP contribution in [0.4, 0.5) is 5.13 Å². The predicted octanol–water partition coefficient (Wildman–Crippen LogP) is 4.68. The van der Waals surface area contributed by atoms with Crippen molar-refractivity contribution in [3.05, 3.63) is 65.9 Å². The van der Waals surface area contributed by atoms with Gasteiger partial charge < -0.3 is 4.74 Å². The second-order valence-electron chi connectivity index (χ2n) is 8.92. The standard InChI is InChI=1S/C26H28ClN5O4S2/c1-2-36-22-5-3-6-23-24(22)29-26(37-23)32(18-17-30-14-4-13-28-30)25(33)19-11-15-31(16-12-19)38(34,35)21-9-7-20(27)8-10-21/h3-10,13-14,19H,2,11-12,15-18H2,1H3. The van der Waals surface area contributed by atoms with E-state index in [0.29, 0.717) is 48.4 Å². The number of ether oxygens (including phenoxy) is 1. The Morgan fingerprint density at radius 1 is 1.16 bits per heavy atom. The zero-order valence-corrected chi connectivity index (χ0v) is 23.3. The molecule has 9 nitrogen and oxygen atoms in total. The number of benzene rings is 2. The number of para-hydroxylation sites is 1. The highest BCUT2D eigenvalue weighted by atomic mass is 35.5. The van der Waals surface area contributed by atoms with Crippen molar-refractivity contribution in [2.45, 2.75) is 31.2 Å². The number of sulfonamides is 1. The Hall–Kier alpha value is -2.99. The first kappa shape index (κ1) is 26.6. The first-order chi connectivity index (χ1) is 18.4. The SMILES string of the molecule is CCOc1cccc2sc(N(CCn3cccn3)C(=O)C3CCN(S(=O)(=O)c4ccc(Cl)cc4)CC3)nc12. The van der Waals surface area contributed by atoms with Crippen LogP contribution in [0.5, 0.6) is 5.75 Å². The lowest BCUT2D eigenvalue weighted by Crippen LogP contribution is -2.45. The molecule has 0 bridgehead atoms. The molecule has 1 aliphatic rings. The van der Waals surface area contributed by atoms with Crippen molar-refractivity contribution in [3.8, 4) is 5.75 Å². The molecule has 200 valence electrons. The molecular weight excluding hydrogens is 546 g/mol. The molecule has 1 aliphatic heterocycles. The van der Waals surface area contributed by atoms with E-state index in [1.807, 2.05) is 37.4 Å². The summed E-state index contributed by atoms with van der Waals surface area (Å²) >= 11 is 7.37. The van der Waals surface area contributed by atoms with E-state index < -0.39 is 10.0 Å². The maximum atomic E-state index is 13.9. The van der Waals surface area contributed by atoms with E-state index >= 15 is 0 Å². The maximum absolute atomic E-state index is 13.9. The number of aromatic nitrogens is 3. The van der Waals surface area contributed by atoms with Gasteiger partial charge >= 0.3 is 0 Å². The number of carbonyl (C=O) groups excluding carboxylic acids is 1. The van der Waals surface area contributed by atoms with Crippen molar-refractivity contribution in [2.75, 3.05) is 31.1 Å². The minimum Gasteiger partial charge on any atom is -0.492 e. The van der Waals surface area contributed by atoms with Crippen LogP contribution in [0.1, 0.15) is 19.8 Å². The summed E-state index contributed by atoms with van der Waals surface area (Å²) in [7, 11) is -3.65. The van der Waals surface area contributed by atoms with Gasteiger partial charge in [0.2, 0.25) is 15.9 Å². The predicted molar refractivity (Wildman–Crippen MR) is 148 cm³/mol. The number of hydrogen-bond donors (Lipinski definition) is 0. The molecule has 12 heteroatoms. The van der Waals surface area contributed by atoms with Crippen molar-refractivity contribution in [3.63, 3.8) is 0 Å². The summed E-state index contributed by atoms with van der Waals surface area (Å²) in [6, 6.07) is 13.8. The minimum absolute atomic E-state index is 0.0577. The number of thiazole rings is 1. The Morgan fingerprint density at radius 2 is 1.92 bits per heavy atom. The van der Waals surface area contributed by atoms with Gasteiger partial charge in [-0.1, -0.05) is 29.0 Å². The molecule has 2 aromatic heterocycles. The monoisotopic (exact) mass is 573 g/mol. The van der Waals surface area contributed by atoms with Crippen molar-refractivity contribution in [1.29, 1.82) is 0 Å². The van der Waals surface area contributed by atoms with Crippen LogP contribution in [0.25, 0.3) is 10.2 Å². The summed E-state index contributed by atoms with van der Waals surface area (Å²) in [5.74, 6) is 0.313. The second kappa shape index (κ2) is 11.4. The molecule has 0 radical (unpaired) electrons. The van der Waals surface area contributed by atoms with Gasteiger partial charge in [0, 0.05) is 43.0 Å². The van der Waals surface area contributed by atoms with E-state index in [0.717, 1.165) is 10.2 Å². The van der Waals surface area contributed by atoms with Crippen LogP contribution in [-0.4, -0.2) is 59.6 Å². The molecule has 2 aromatic carbocycles. The molecule has 1 saturated heterocycles. The molecule has 1 amide bonds. The highest BCUT2D eigenvalue weighted by Gasteiger charge is 2.35. The van der Waals surface area contributed by atoms with Gasteiger partial charge in [0.25, 0.3) is 0 Å². The summed E-state index contributed by atoms with van der Waals surface area (Å²) in [5, 5.41) is 5.34. The van der Waals surface area contributed by atoms with E-state index in [-0.39, 0.29) is 29.8 Å². The number of hydrogen-bond acceptors (Lipinski definition) is 7. The summed E-state index contributed by atoms with van der Waals surface area (Å²) < 4.78 is 36.1. The van der Waals surface area contributed by atoms with E-state index in [2.05, 4.69) is 5.10 Å². The third-order valence-corrected chi connectivity index (χ3v) is 9.74. The lowest BCUT2D eigenvalue weighted by Gasteiger charge is -2.33. The highest BCUT2D eigenvalue weighted by molar-refractivity contribution is 7.89. The van der Waals surface area contributed by atoms with Gasteiger partial charge in [0.15, 0.2) is 5.13 Å². The third kappa shape index (κ3) is 5.56. The minimum atomic E-state index is -3.65. The molecule has 4 aromatic rings. The molecule has 1 fully saturated rings. The van der Waals surface area contributed by atoms with Gasteiger partial charge in [0.1, 0.15) is 11.3 Å². The molecular formula is C26H28ClN5O4S2. The second-order valence-corrected chi connectivity index (χ2v) is 12.3. The molecule has 0 saturated carbocycles. The Kier molecular flexibility index (Phi) is 7.98. The number of anilines is 1. The van der Waals surface area contributed by atoms with Gasteiger partial charge in [-0.25, -0.2) is 13.4 Å². The molecule has 38 heavy (non-hydrogen) atoms. The first-order valence-corrected chi connectivity index (χ1v) is 15.1. The molecule has 3 heterocycles. The summed E-state index contributed by atoms with van der Waals surface area (Å²) in [4.78, 5) is 20.6. The van der Waals surface area contributed by atoms with Crippen LogP contribution in [0.3, 0.4) is 0 Å². The van der Waals surface area contributed by atoms with Crippen LogP contribution in [0.2, 0.25) is 5.02 Å². The summed E-state index contributed by atoms with van der Waals surface area (Å²) in [5.41, 5.74) is 0.732. The van der Waals surface area contributed by atoms with E-state index in [4.69, 9.17) is 21.3 Å². The van der Waals surface area contributed by atoms with Crippen LogP contribution in [0.15, 0.2) is 65.8 Å². The van der Waals surface area contributed by atoms with Crippen LogP contribution < -0.4 is 9.64 Å². The van der Waals surface area contributed by atoms with Gasteiger partial charge in [0.05, 0.1) is 22.7 Å². The van der Waals surface area contributed by atoms with Crippen LogP contribution in [0, 0.1) is 5.92 Å². The van der Waals surface area contributed by atoms with Crippen LogP contribution in [-0.2, 0) is 21.4 Å². The zero-order valence-electron chi connectivity index (χ0n) is 20.9. The zero-order chi connectivity index (χ0) is 26.7. The largest absolute Gasteiger partial charge is 0.492 e. The topological polar surface area (TPSA) is 97.6 Å². The molecule has 0 spiro atoms. The number of piperidine rings is 1. The summed E-state index contributed by atoms with van der Waals surface area (Å²) in [6.07, 6.45) is 4.42. The van der Waals surface area contributed by atoms with Crippen molar-refractivity contribution < 1.29 is 17.9 Å². The first-order valence-electron chi connectivity index (χ1n) is 12.4. The van der Waals surface area contributed by atoms with E-state index in [9.17, 15) is 13.2 Å². The third-order valence-electron chi connectivity index (χ3n) is 6.53. The molecule has 0 N–H and O–H groups in total. The van der Waals surface area contributed by atoms with Crippen LogP contribution >= 0.6 is 22.9 Å². The highest BCUT2D eigenvalue weighted by Crippen LogP contribution is 2.36. The van der Waals surface area contributed by atoms with Crippen molar-refractivity contribution in [2.24, 2.45) is 5.92 Å². The lowest BCUT2D eigenvalue weighted by molar-refractivity contribution is -0.123. The molecule has 0 aliphatic carbocycles. The fourth-order valence-electron chi connectivity index (χ4n) is 4.55. The smallest absolute Gasteiger partial charge is 0.243 e. The van der Waals surface area contributed by atoms with Gasteiger partial charge in [-0.05, 0) is 62.2 Å². The van der Waals surface area contributed by atoms with Crippen molar-refractivity contribution >= 4 is 54.2 Å². The number of fused-ring (bicyclic) bond motifs is 1. The fraction of sp³-hybridized carbons (Fsp3) is 0.346. The Balaban J connectivity index is 1.35. The number of rotatable bonds is 9. The lowest BCUT2D eigenvalue weighted by atomic mass is 9.96. The number of halogens is 1.